The molecular weight excluding hydrogens is 262 g/mol. The molecule has 1 heterocycles. The maximum absolute atomic E-state index is 11.9. The summed E-state index contributed by atoms with van der Waals surface area (Å²) in [6.07, 6.45) is 3.30. The van der Waals surface area contributed by atoms with Gasteiger partial charge in [0.1, 0.15) is 0 Å². The van der Waals surface area contributed by atoms with E-state index in [0.717, 1.165) is 32.4 Å². The molecule has 0 spiro atoms. The maximum Gasteiger partial charge on any atom is 0.330 e. The normalized spacial score (nSPS) is 17.7. The van der Waals surface area contributed by atoms with Gasteiger partial charge in [0, 0.05) is 13.1 Å². The summed E-state index contributed by atoms with van der Waals surface area (Å²) >= 11 is 0. The lowest BCUT2D eigenvalue weighted by molar-refractivity contribution is -0.206. The molecule has 0 unspecified atom stereocenters. The number of hydrogen-bond acceptors (Lipinski definition) is 3. The Balaban J connectivity index is 1.78. The van der Waals surface area contributed by atoms with Gasteiger partial charge in [-0.05, 0) is 58.4 Å². The molecule has 0 saturated carbocycles. The minimum Gasteiger partial charge on any atom is -0.367 e. The van der Waals surface area contributed by atoms with Crippen molar-refractivity contribution < 1.29 is 9.63 Å². The van der Waals surface area contributed by atoms with Gasteiger partial charge in [-0.15, -0.1) is 5.06 Å². The van der Waals surface area contributed by atoms with Crippen LogP contribution in [0.5, 0.6) is 0 Å². The van der Waals surface area contributed by atoms with Crippen molar-refractivity contribution in [3.8, 4) is 0 Å². The zero-order valence-electron chi connectivity index (χ0n) is 13.7. The summed E-state index contributed by atoms with van der Waals surface area (Å²) in [6.45, 7) is 9.47. The van der Waals surface area contributed by atoms with Crippen LogP contribution in [0.2, 0.25) is 0 Å². The molecule has 1 aliphatic heterocycles. The third-order valence-electron chi connectivity index (χ3n) is 4.04. The number of rotatable bonds is 3. The highest BCUT2D eigenvalue weighted by molar-refractivity contribution is 5.75. The summed E-state index contributed by atoms with van der Waals surface area (Å²) in [6, 6.07) is 8.80. The Morgan fingerprint density at radius 1 is 1.19 bits per heavy atom. The maximum atomic E-state index is 11.9. The lowest BCUT2D eigenvalue weighted by Gasteiger charge is -2.32. The Labute approximate surface area is 128 Å². The van der Waals surface area contributed by atoms with Gasteiger partial charge in [-0.2, -0.15) is 0 Å². The Morgan fingerprint density at radius 3 is 2.29 bits per heavy atom. The number of nitrogens with zero attached hydrogens (tertiary/aromatic N) is 1. The van der Waals surface area contributed by atoms with Crippen molar-refractivity contribution in [1.29, 1.82) is 0 Å². The molecule has 3 nitrogen and oxygen atoms in total. The summed E-state index contributed by atoms with van der Waals surface area (Å²) in [7, 11) is 0. The molecule has 1 aromatic rings. The molecule has 0 atom stereocenters. The molecule has 1 saturated heterocycles. The molecule has 1 fully saturated rings. The van der Waals surface area contributed by atoms with Crippen molar-refractivity contribution >= 4 is 5.97 Å². The van der Waals surface area contributed by atoms with E-state index in [-0.39, 0.29) is 5.97 Å². The SMILES string of the molecule is Cc1ccc(CC2CCN(OC(=O)C(C)(C)C)CC2)cc1. The lowest BCUT2D eigenvalue weighted by Crippen LogP contribution is -2.39. The zero-order chi connectivity index (χ0) is 15.5. The third kappa shape index (κ3) is 4.85. The van der Waals surface area contributed by atoms with E-state index < -0.39 is 5.41 Å². The molecule has 0 bridgehead atoms. The van der Waals surface area contributed by atoms with Gasteiger partial charge in [-0.3, -0.25) is 0 Å². The van der Waals surface area contributed by atoms with Crippen LogP contribution < -0.4 is 0 Å². The van der Waals surface area contributed by atoms with Crippen LogP contribution >= 0.6 is 0 Å². The molecule has 0 N–H and O–H groups in total. The summed E-state index contributed by atoms with van der Waals surface area (Å²) in [4.78, 5) is 17.3. The predicted octanol–water partition coefficient (Wildman–Crippen LogP) is 3.75. The van der Waals surface area contributed by atoms with E-state index in [1.54, 1.807) is 0 Å². The summed E-state index contributed by atoms with van der Waals surface area (Å²) in [5, 5.41) is 1.83. The highest BCUT2D eigenvalue weighted by Crippen LogP contribution is 2.24. The largest absolute Gasteiger partial charge is 0.367 e. The first kappa shape index (κ1) is 16.0. The summed E-state index contributed by atoms with van der Waals surface area (Å²) < 4.78 is 0. The number of carbonyl (C=O) groups is 1. The van der Waals surface area contributed by atoms with Crippen LogP contribution in [-0.4, -0.2) is 24.1 Å². The Morgan fingerprint density at radius 2 is 1.76 bits per heavy atom. The van der Waals surface area contributed by atoms with Gasteiger partial charge in [0.15, 0.2) is 0 Å². The monoisotopic (exact) mass is 289 g/mol. The van der Waals surface area contributed by atoms with E-state index >= 15 is 0 Å². The fourth-order valence-electron chi connectivity index (χ4n) is 2.52. The second-order valence-electron chi connectivity index (χ2n) is 7.19. The van der Waals surface area contributed by atoms with Crippen molar-refractivity contribution in [3.63, 3.8) is 0 Å². The summed E-state index contributed by atoms with van der Waals surface area (Å²) in [5.74, 6) is 0.553. The van der Waals surface area contributed by atoms with Crippen LogP contribution in [0.15, 0.2) is 24.3 Å². The molecule has 3 heteroatoms. The zero-order valence-corrected chi connectivity index (χ0v) is 13.7. The number of aryl methyl sites for hydroxylation is 1. The van der Waals surface area contributed by atoms with Crippen LogP contribution in [-0.2, 0) is 16.1 Å². The fraction of sp³-hybridized carbons (Fsp3) is 0.611. The second-order valence-corrected chi connectivity index (χ2v) is 7.19. The van der Waals surface area contributed by atoms with Gasteiger partial charge in [-0.1, -0.05) is 29.8 Å². The quantitative estimate of drug-likeness (QED) is 0.848. The Kier molecular flexibility index (Phi) is 5.04. The van der Waals surface area contributed by atoms with Crippen LogP contribution in [0.1, 0.15) is 44.7 Å². The van der Waals surface area contributed by atoms with Crippen LogP contribution in [0.4, 0.5) is 0 Å². The molecule has 0 aliphatic carbocycles. The lowest BCUT2D eigenvalue weighted by atomic mass is 9.90. The average molecular weight is 289 g/mol. The van der Waals surface area contributed by atoms with Crippen molar-refractivity contribution in [2.75, 3.05) is 13.1 Å². The molecule has 116 valence electrons. The number of hydroxylamine groups is 2. The van der Waals surface area contributed by atoms with E-state index in [0.29, 0.717) is 5.92 Å². The van der Waals surface area contributed by atoms with Crippen molar-refractivity contribution in [3.05, 3.63) is 35.4 Å². The second kappa shape index (κ2) is 6.61. The van der Waals surface area contributed by atoms with Crippen molar-refractivity contribution in [2.24, 2.45) is 11.3 Å². The molecule has 2 rings (SSSR count). The van der Waals surface area contributed by atoms with Crippen LogP contribution in [0.3, 0.4) is 0 Å². The van der Waals surface area contributed by atoms with Gasteiger partial charge >= 0.3 is 5.97 Å². The van der Waals surface area contributed by atoms with E-state index in [1.807, 2.05) is 25.8 Å². The van der Waals surface area contributed by atoms with Gasteiger partial charge in [0.25, 0.3) is 0 Å². The van der Waals surface area contributed by atoms with Crippen molar-refractivity contribution in [1.82, 2.24) is 5.06 Å². The first-order chi connectivity index (χ1) is 9.84. The molecular formula is C18H27NO2. The molecule has 1 aliphatic rings. The first-order valence-corrected chi connectivity index (χ1v) is 7.87. The standard InChI is InChI=1S/C18H27NO2/c1-14-5-7-15(8-6-14)13-16-9-11-19(12-10-16)21-17(20)18(2,3)4/h5-8,16H,9-13H2,1-4H3. The van der Waals surface area contributed by atoms with E-state index in [2.05, 4.69) is 31.2 Å². The number of benzene rings is 1. The van der Waals surface area contributed by atoms with Gasteiger partial charge in [0.05, 0.1) is 5.41 Å². The molecule has 1 aromatic carbocycles. The first-order valence-electron chi connectivity index (χ1n) is 7.87. The third-order valence-corrected chi connectivity index (χ3v) is 4.04. The van der Waals surface area contributed by atoms with Gasteiger partial charge in [-0.25, -0.2) is 4.79 Å². The molecule has 0 aromatic heterocycles. The van der Waals surface area contributed by atoms with E-state index in [4.69, 9.17) is 4.84 Å². The van der Waals surface area contributed by atoms with Crippen molar-refractivity contribution in [2.45, 2.75) is 47.0 Å². The number of carbonyl (C=O) groups excluding carboxylic acids is 1. The van der Waals surface area contributed by atoms with Gasteiger partial charge < -0.3 is 4.84 Å². The predicted molar refractivity (Wildman–Crippen MR) is 84.7 cm³/mol. The Bertz CT molecular complexity index is 465. The molecule has 0 radical (unpaired) electrons. The Hall–Kier alpha value is -1.35. The number of piperidine rings is 1. The number of hydrogen-bond donors (Lipinski definition) is 0. The minimum atomic E-state index is -0.432. The molecule has 0 amide bonds. The summed E-state index contributed by atoms with van der Waals surface area (Å²) in [5.41, 5.74) is 2.28. The fourth-order valence-corrected chi connectivity index (χ4v) is 2.52. The highest BCUT2D eigenvalue weighted by atomic mass is 16.7. The van der Waals surface area contributed by atoms with E-state index in [9.17, 15) is 4.79 Å². The highest BCUT2D eigenvalue weighted by Gasteiger charge is 2.28. The average Bonchev–Trinajstić information content (AvgIpc) is 2.42. The van der Waals surface area contributed by atoms with Crippen LogP contribution in [0, 0.1) is 18.3 Å². The minimum absolute atomic E-state index is 0.139. The smallest absolute Gasteiger partial charge is 0.330 e. The molecule has 21 heavy (non-hydrogen) atoms. The van der Waals surface area contributed by atoms with Crippen LogP contribution in [0.25, 0.3) is 0 Å². The van der Waals surface area contributed by atoms with Gasteiger partial charge in [0.2, 0.25) is 0 Å². The topological polar surface area (TPSA) is 29.5 Å². The van der Waals surface area contributed by atoms with E-state index in [1.165, 1.54) is 11.1 Å².